The fraction of sp³-hybridized carbons (Fsp3) is 0.550. The van der Waals surface area contributed by atoms with Crippen LogP contribution in [0.3, 0.4) is 0 Å². The van der Waals surface area contributed by atoms with Crippen molar-refractivity contribution in [2.75, 3.05) is 18.5 Å². The molecule has 25 heavy (non-hydrogen) atoms. The molecule has 1 aromatic rings. The molecule has 0 saturated carbocycles. The molecule has 0 fully saturated rings. The van der Waals surface area contributed by atoms with E-state index in [-0.39, 0.29) is 12.1 Å². The minimum Gasteiger partial charge on any atom is -0.483 e. The Labute approximate surface area is 150 Å². The van der Waals surface area contributed by atoms with E-state index in [1.807, 2.05) is 59.7 Å². The molecular formula is C20H29NO4. The van der Waals surface area contributed by atoms with Gasteiger partial charge >= 0.3 is 5.97 Å². The van der Waals surface area contributed by atoms with Gasteiger partial charge in [-0.1, -0.05) is 5.57 Å². The highest BCUT2D eigenvalue weighted by Gasteiger charge is 2.47. The Balaban J connectivity index is 2.42. The predicted octanol–water partition coefficient (Wildman–Crippen LogP) is 4.25. The number of carbonyl (C=O) groups excluding carboxylic acids is 1. The Morgan fingerprint density at radius 2 is 2.04 bits per heavy atom. The van der Waals surface area contributed by atoms with Crippen molar-refractivity contribution < 1.29 is 19.0 Å². The fourth-order valence-corrected chi connectivity index (χ4v) is 3.00. The van der Waals surface area contributed by atoms with Crippen molar-refractivity contribution in [3.8, 4) is 5.75 Å². The minimum absolute atomic E-state index is 0.377. The van der Waals surface area contributed by atoms with Gasteiger partial charge in [-0.25, -0.2) is 4.79 Å². The van der Waals surface area contributed by atoms with Crippen LogP contribution in [-0.2, 0) is 14.3 Å². The maximum absolute atomic E-state index is 12.2. The summed E-state index contributed by atoms with van der Waals surface area (Å²) in [6, 6.07) is 5.93. The molecule has 0 bridgehead atoms. The van der Waals surface area contributed by atoms with Crippen LogP contribution in [0.25, 0.3) is 0 Å². The molecule has 0 saturated heterocycles. The van der Waals surface area contributed by atoms with E-state index in [1.54, 1.807) is 0 Å². The van der Waals surface area contributed by atoms with Crippen LogP contribution in [-0.4, -0.2) is 30.8 Å². The van der Waals surface area contributed by atoms with Crippen molar-refractivity contribution in [3.05, 3.63) is 35.4 Å². The van der Waals surface area contributed by atoms with Crippen molar-refractivity contribution in [2.45, 2.75) is 59.4 Å². The SMILES string of the molecule is CCNc1ccc2c(c1)C(OCC)C(OC(=O)C=C(C)C)C(C)(C)O2. The number of benzene rings is 1. The van der Waals surface area contributed by atoms with Crippen LogP contribution in [0.4, 0.5) is 5.69 Å². The number of esters is 1. The van der Waals surface area contributed by atoms with Gasteiger partial charge in [0, 0.05) is 30.5 Å². The quantitative estimate of drug-likeness (QED) is 0.616. The number of ether oxygens (including phenoxy) is 3. The third-order valence-corrected chi connectivity index (χ3v) is 4.03. The van der Waals surface area contributed by atoms with E-state index < -0.39 is 11.7 Å². The summed E-state index contributed by atoms with van der Waals surface area (Å²) in [5.41, 5.74) is 2.08. The van der Waals surface area contributed by atoms with Gasteiger partial charge in [0.25, 0.3) is 0 Å². The average molecular weight is 347 g/mol. The van der Waals surface area contributed by atoms with Crippen molar-refractivity contribution in [3.63, 3.8) is 0 Å². The number of carbonyl (C=O) groups is 1. The zero-order chi connectivity index (χ0) is 18.6. The number of rotatable bonds is 6. The van der Waals surface area contributed by atoms with Crippen LogP contribution >= 0.6 is 0 Å². The number of allylic oxidation sites excluding steroid dienone is 1. The maximum Gasteiger partial charge on any atom is 0.331 e. The number of hydrogen-bond donors (Lipinski definition) is 1. The van der Waals surface area contributed by atoms with E-state index in [9.17, 15) is 4.79 Å². The van der Waals surface area contributed by atoms with Gasteiger partial charge in [-0.2, -0.15) is 0 Å². The molecule has 138 valence electrons. The van der Waals surface area contributed by atoms with Gasteiger partial charge in [-0.05, 0) is 59.7 Å². The molecule has 2 rings (SSSR count). The molecule has 0 radical (unpaired) electrons. The predicted molar refractivity (Wildman–Crippen MR) is 99.0 cm³/mol. The first-order valence-electron chi connectivity index (χ1n) is 8.82. The Bertz CT molecular complexity index is 647. The molecule has 2 unspecified atom stereocenters. The third kappa shape index (κ3) is 4.54. The Hall–Kier alpha value is -2.01. The summed E-state index contributed by atoms with van der Waals surface area (Å²) in [4.78, 5) is 12.2. The van der Waals surface area contributed by atoms with E-state index in [2.05, 4.69) is 5.32 Å². The average Bonchev–Trinajstić information content (AvgIpc) is 2.50. The summed E-state index contributed by atoms with van der Waals surface area (Å²) < 4.78 is 17.9. The number of nitrogens with one attached hydrogen (secondary N) is 1. The first-order valence-corrected chi connectivity index (χ1v) is 8.82. The van der Waals surface area contributed by atoms with E-state index in [4.69, 9.17) is 14.2 Å². The number of fused-ring (bicyclic) bond motifs is 1. The van der Waals surface area contributed by atoms with Crippen LogP contribution < -0.4 is 10.1 Å². The summed E-state index contributed by atoms with van der Waals surface area (Å²) in [6.07, 6.45) is 0.570. The molecule has 0 spiro atoms. The minimum atomic E-state index is -0.697. The van der Waals surface area contributed by atoms with Gasteiger partial charge in [0.05, 0.1) is 0 Å². The normalized spacial score (nSPS) is 20.9. The van der Waals surface area contributed by atoms with Crippen LogP contribution in [0.5, 0.6) is 5.75 Å². The molecule has 5 nitrogen and oxygen atoms in total. The second-order valence-corrected chi connectivity index (χ2v) is 6.94. The van der Waals surface area contributed by atoms with Crippen molar-refractivity contribution in [1.29, 1.82) is 0 Å². The largest absolute Gasteiger partial charge is 0.483 e. The third-order valence-electron chi connectivity index (χ3n) is 4.03. The van der Waals surface area contributed by atoms with Crippen LogP contribution in [0.15, 0.2) is 29.8 Å². The van der Waals surface area contributed by atoms with Crippen LogP contribution in [0.1, 0.15) is 53.2 Å². The molecular weight excluding hydrogens is 318 g/mol. The Morgan fingerprint density at radius 1 is 1.32 bits per heavy atom. The van der Waals surface area contributed by atoms with Gasteiger partial charge in [-0.3, -0.25) is 0 Å². The first-order chi connectivity index (χ1) is 11.8. The second-order valence-electron chi connectivity index (χ2n) is 6.94. The van der Waals surface area contributed by atoms with Gasteiger partial charge in [0.1, 0.15) is 17.5 Å². The van der Waals surface area contributed by atoms with Crippen molar-refractivity contribution in [2.24, 2.45) is 0 Å². The van der Waals surface area contributed by atoms with E-state index in [0.717, 1.165) is 29.1 Å². The van der Waals surface area contributed by atoms with Crippen LogP contribution in [0, 0.1) is 0 Å². The lowest BCUT2D eigenvalue weighted by Crippen LogP contribution is -2.51. The molecule has 1 heterocycles. The monoisotopic (exact) mass is 347 g/mol. The first kappa shape index (κ1) is 19.3. The van der Waals surface area contributed by atoms with Gasteiger partial charge < -0.3 is 19.5 Å². The molecule has 1 N–H and O–H groups in total. The van der Waals surface area contributed by atoms with E-state index in [1.165, 1.54) is 6.08 Å². The standard InChI is InChI=1S/C20H29NO4/c1-7-21-14-9-10-16-15(12-14)18(23-8-2)19(20(5,6)25-16)24-17(22)11-13(3)4/h9-12,18-19,21H,7-8H2,1-6H3. The molecule has 5 heteroatoms. The lowest BCUT2D eigenvalue weighted by Gasteiger charge is -2.43. The smallest absolute Gasteiger partial charge is 0.331 e. The van der Waals surface area contributed by atoms with Gasteiger partial charge in [0.2, 0.25) is 0 Å². The Morgan fingerprint density at radius 3 is 2.64 bits per heavy atom. The van der Waals surface area contributed by atoms with E-state index >= 15 is 0 Å². The highest BCUT2D eigenvalue weighted by Crippen LogP contribution is 2.44. The molecule has 0 amide bonds. The Kier molecular flexibility index (Phi) is 6.11. The summed E-state index contributed by atoms with van der Waals surface area (Å²) in [5.74, 6) is 0.386. The van der Waals surface area contributed by atoms with Gasteiger partial charge in [0.15, 0.2) is 6.10 Å². The molecule has 0 aliphatic carbocycles. The fourth-order valence-electron chi connectivity index (χ4n) is 3.00. The molecule has 2 atom stereocenters. The van der Waals surface area contributed by atoms with Crippen molar-refractivity contribution in [1.82, 2.24) is 0 Å². The maximum atomic E-state index is 12.2. The summed E-state index contributed by atoms with van der Waals surface area (Å²) >= 11 is 0. The highest BCUT2D eigenvalue weighted by molar-refractivity contribution is 5.83. The summed E-state index contributed by atoms with van der Waals surface area (Å²) in [5, 5.41) is 3.29. The number of anilines is 1. The summed E-state index contributed by atoms with van der Waals surface area (Å²) in [6.45, 7) is 12.9. The molecule has 1 aromatic carbocycles. The summed E-state index contributed by atoms with van der Waals surface area (Å²) in [7, 11) is 0. The lowest BCUT2D eigenvalue weighted by atomic mass is 9.87. The zero-order valence-corrected chi connectivity index (χ0v) is 16.0. The molecule has 0 aromatic heterocycles. The zero-order valence-electron chi connectivity index (χ0n) is 16.0. The number of hydrogen-bond acceptors (Lipinski definition) is 5. The molecule has 1 aliphatic heterocycles. The van der Waals surface area contributed by atoms with Crippen molar-refractivity contribution >= 4 is 11.7 Å². The van der Waals surface area contributed by atoms with Crippen LogP contribution in [0.2, 0.25) is 0 Å². The highest BCUT2D eigenvalue weighted by atomic mass is 16.6. The topological polar surface area (TPSA) is 56.8 Å². The van der Waals surface area contributed by atoms with Gasteiger partial charge in [-0.15, -0.1) is 0 Å². The lowest BCUT2D eigenvalue weighted by molar-refractivity contribution is -0.178. The van der Waals surface area contributed by atoms with E-state index in [0.29, 0.717) is 6.61 Å². The molecule has 1 aliphatic rings. The second kappa shape index (κ2) is 7.91.